The summed E-state index contributed by atoms with van der Waals surface area (Å²) in [6.07, 6.45) is 16.8. The minimum atomic E-state index is -1.05. The van der Waals surface area contributed by atoms with Crippen LogP contribution in [-0.4, -0.2) is 38.3 Å². The Morgan fingerprint density at radius 3 is 2.42 bits per heavy atom. The lowest BCUT2D eigenvalue weighted by Gasteiger charge is -2.20. The van der Waals surface area contributed by atoms with Crippen LogP contribution in [-0.2, 0) is 4.79 Å². The molecule has 0 amide bonds. The minimum Gasteiger partial charge on any atom is -0.481 e. The van der Waals surface area contributed by atoms with Crippen molar-refractivity contribution < 1.29 is 24.9 Å². The summed E-state index contributed by atoms with van der Waals surface area (Å²) in [5.74, 6) is -1.57. The van der Waals surface area contributed by atoms with Crippen molar-refractivity contribution in [2.75, 3.05) is 5.75 Å². The van der Waals surface area contributed by atoms with E-state index < -0.39 is 18.0 Å². The number of carbonyl (C=O) groups is 2. The maximum Gasteiger partial charge on any atom is 0.335 e. The van der Waals surface area contributed by atoms with Crippen molar-refractivity contribution in [3.63, 3.8) is 0 Å². The van der Waals surface area contributed by atoms with E-state index in [0.717, 1.165) is 12.8 Å². The third kappa shape index (κ3) is 12.4. The number of aliphatic carboxylic acids is 1. The monoisotopic (exact) mass is 448 g/mol. The second kappa shape index (κ2) is 16.6. The predicted octanol–water partition coefficient (Wildman–Crippen LogP) is 6.25. The van der Waals surface area contributed by atoms with Crippen LogP contribution in [0.15, 0.2) is 48.6 Å². The summed E-state index contributed by atoms with van der Waals surface area (Å²) in [6, 6.07) is 6.23. The average molecular weight is 449 g/mol. The number of hydrogen-bond acceptors (Lipinski definition) is 4. The molecule has 6 heteroatoms. The highest BCUT2D eigenvalue weighted by atomic mass is 32.2. The van der Waals surface area contributed by atoms with E-state index in [1.807, 2.05) is 18.2 Å². The van der Waals surface area contributed by atoms with Crippen LogP contribution in [0.2, 0.25) is 0 Å². The van der Waals surface area contributed by atoms with Gasteiger partial charge in [0.1, 0.15) is 0 Å². The Labute approximate surface area is 190 Å². The van der Waals surface area contributed by atoms with Crippen LogP contribution >= 0.6 is 11.8 Å². The molecular weight excluding hydrogens is 412 g/mol. The van der Waals surface area contributed by atoms with Crippen molar-refractivity contribution >= 4 is 23.7 Å². The molecule has 0 fully saturated rings. The Kier molecular flexibility index (Phi) is 14.5. The summed E-state index contributed by atoms with van der Waals surface area (Å²) in [7, 11) is 0. The van der Waals surface area contributed by atoms with E-state index in [-0.39, 0.29) is 17.2 Å². The number of allylic oxidation sites excluding steroid dienone is 3. The first kappa shape index (κ1) is 27.0. The van der Waals surface area contributed by atoms with Crippen LogP contribution in [0.1, 0.15) is 86.7 Å². The lowest BCUT2D eigenvalue weighted by Crippen LogP contribution is -2.15. The second-order valence-electron chi connectivity index (χ2n) is 7.58. The molecule has 0 bridgehead atoms. The first-order valence-corrected chi connectivity index (χ1v) is 12.2. The van der Waals surface area contributed by atoms with E-state index >= 15 is 0 Å². The Balaban J connectivity index is 2.59. The molecule has 0 saturated heterocycles. The van der Waals surface area contributed by atoms with Gasteiger partial charge in [-0.15, -0.1) is 0 Å². The normalized spacial score (nSPS) is 13.6. The Hall–Kier alpha value is -2.05. The van der Waals surface area contributed by atoms with Crippen molar-refractivity contribution in [3.05, 3.63) is 59.7 Å². The summed E-state index contributed by atoms with van der Waals surface area (Å²) in [5.41, 5.74) is 0.619. The van der Waals surface area contributed by atoms with Gasteiger partial charge in [-0.05, 0) is 30.5 Å². The maximum atomic E-state index is 11.2. The van der Waals surface area contributed by atoms with E-state index in [1.54, 1.807) is 12.1 Å². The number of hydrogen-bond donors (Lipinski definition) is 3. The quantitative estimate of drug-likeness (QED) is 0.193. The number of aromatic carboxylic acids is 1. The molecule has 172 valence electrons. The highest BCUT2D eigenvalue weighted by Crippen LogP contribution is 2.29. The highest BCUT2D eigenvalue weighted by molar-refractivity contribution is 8.00. The summed E-state index contributed by atoms with van der Waals surface area (Å²) < 4.78 is 0. The Bertz CT molecular complexity index is 714. The third-order valence-electron chi connectivity index (χ3n) is 4.93. The van der Waals surface area contributed by atoms with Crippen LogP contribution in [0.3, 0.4) is 0 Å². The number of carboxylic acid groups (broad SMARTS) is 2. The summed E-state index contributed by atoms with van der Waals surface area (Å²) >= 11 is 1.35. The van der Waals surface area contributed by atoms with E-state index in [2.05, 4.69) is 13.0 Å². The number of unbranched alkanes of at least 4 members (excludes halogenated alkanes) is 7. The average Bonchev–Trinajstić information content (AvgIpc) is 2.75. The first-order chi connectivity index (χ1) is 15.0. The van der Waals surface area contributed by atoms with Gasteiger partial charge < -0.3 is 15.3 Å². The number of benzene rings is 1. The van der Waals surface area contributed by atoms with E-state index in [9.17, 15) is 19.8 Å². The zero-order valence-corrected chi connectivity index (χ0v) is 19.2. The molecule has 0 saturated carbocycles. The molecule has 2 atom stereocenters. The van der Waals surface area contributed by atoms with Gasteiger partial charge in [-0.1, -0.05) is 81.9 Å². The van der Waals surface area contributed by atoms with E-state index in [0.29, 0.717) is 11.3 Å². The molecule has 0 aliphatic carbocycles. The van der Waals surface area contributed by atoms with Gasteiger partial charge >= 0.3 is 11.9 Å². The molecule has 0 unspecified atom stereocenters. The van der Waals surface area contributed by atoms with Gasteiger partial charge in [0, 0.05) is 5.75 Å². The number of rotatable bonds is 17. The fourth-order valence-corrected chi connectivity index (χ4v) is 4.25. The van der Waals surface area contributed by atoms with Gasteiger partial charge in [0.2, 0.25) is 0 Å². The molecule has 1 aromatic carbocycles. The minimum absolute atomic E-state index is 0.00495. The van der Waals surface area contributed by atoms with Crippen molar-refractivity contribution in [2.24, 2.45) is 0 Å². The number of carboxylic acids is 2. The first-order valence-electron chi connectivity index (χ1n) is 11.1. The molecule has 0 spiro atoms. The molecule has 1 rings (SSSR count). The zero-order chi connectivity index (χ0) is 22.9. The molecule has 5 nitrogen and oxygen atoms in total. The molecule has 0 heterocycles. The molecule has 0 aliphatic heterocycles. The van der Waals surface area contributed by atoms with Crippen molar-refractivity contribution in [3.8, 4) is 0 Å². The van der Waals surface area contributed by atoms with Gasteiger partial charge in [-0.3, -0.25) is 4.79 Å². The van der Waals surface area contributed by atoms with Crippen LogP contribution in [0.5, 0.6) is 0 Å². The van der Waals surface area contributed by atoms with Crippen molar-refractivity contribution in [2.45, 2.75) is 76.1 Å². The summed E-state index contributed by atoms with van der Waals surface area (Å²) in [5, 5.41) is 28.5. The van der Waals surface area contributed by atoms with Gasteiger partial charge in [0.05, 0.1) is 23.3 Å². The van der Waals surface area contributed by atoms with Crippen LogP contribution in [0.25, 0.3) is 0 Å². The van der Waals surface area contributed by atoms with Crippen LogP contribution in [0.4, 0.5) is 0 Å². The third-order valence-corrected chi connectivity index (χ3v) is 6.17. The molecule has 0 radical (unpaired) electrons. The number of aliphatic hydroxyl groups excluding tert-OH is 1. The molecule has 0 aromatic heterocycles. The molecule has 1 aromatic rings. The summed E-state index contributed by atoms with van der Waals surface area (Å²) in [4.78, 5) is 22.0. The zero-order valence-electron chi connectivity index (χ0n) is 18.4. The van der Waals surface area contributed by atoms with Crippen LogP contribution < -0.4 is 0 Å². The fraction of sp³-hybridized carbons (Fsp3) is 0.520. The van der Waals surface area contributed by atoms with Crippen molar-refractivity contribution in [1.82, 2.24) is 0 Å². The van der Waals surface area contributed by atoms with Gasteiger partial charge in [-0.25, -0.2) is 4.79 Å². The number of aliphatic hydroxyl groups is 1. The van der Waals surface area contributed by atoms with Gasteiger partial charge in [0.15, 0.2) is 0 Å². The fourth-order valence-electron chi connectivity index (χ4n) is 3.15. The topological polar surface area (TPSA) is 94.8 Å². The van der Waals surface area contributed by atoms with Crippen molar-refractivity contribution in [1.29, 1.82) is 0 Å². The number of thioether (sulfide) groups is 1. The molecular formula is C25H36O5S. The lowest BCUT2D eigenvalue weighted by molar-refractivity contribution is -0.136. The molecule has 3 N–H and O–H groups in total. The standard InChI is InChI=1S/C25H36O5S/c1-2-3-4-5-6-7-8-9-10-11-12-16-22(31-18-17-23(26)27)24(28)20-14-13-15-21(19-20)25(29)30/h10-16,19,22,24,28H,2-9,17-18H2,1H3,(H,26,27)(H,29,30)/b11-10-,16-12+/t22-,24+/m0/s1. The Morgan fingerprint density at radius 1 is 1.03 bits per heavy atom. The van der Waals surface area contributed by atoms with Crippen LogP contribution in [0, 0.1) is 0 Å². The van der Waals surface area contributed by atoms with E-state index in [1.165, 1.54) is 62.4 Å². The highest BCUT2D eigenvalue weighted by Gasteiger charge is 2.20. The maximum absolute atomic E-state index is 11.2. The lowest BCUT2D eigenvalue weighted by atomic mass is 10.0. The smallest absolute Gasteiger partial charge is 0.335 e. The van der Waals surface area contributed by atoms with Gasteiger partial charge in [0.25, 0.3) is 0 Å². The molecule has 0 aliphatic rings. The summed E-state index contributed by atoms with van der Waals surface area (Å²) in [6.45, 7) is 2.22. The van der Waals surface area contributed by atoms with Gasteiger partial charge in [-0.2, -0.15) is 11.8 Å². The predicted molar refractivity (Wildman–Crippen MR) is 128 cm³/mol. The Morgan fingerprint density at radius 2 is 1.74 bits per heavy atom. The largest absolute Gasteiger partial charge is 0.481 e. The molecule has 31 heavy (non-hydrogen) atoms. The second-order valence-corrected chi connectivity index (χ2v) is 8.86. The van der Waals surface area contributed by atoms with E-state index in [4.69, 9.17) is 5.11 Å². The SMILES string of the molecule is CCCCCCCCC/C=C\C=C\[C@H](SCCC(=O)O)[C@H](O)c1cccc(C(=O)O)c1.